The molecule has 7 heteroatoms. The van der Waals surface area contributed by atoms with Gasteiger partial charge in [-0.25, -0.2) is 4.68 Å². The molecule has 7 nitrogen and oxygen atoms in total. The van der Waals surface area contributed by atoms with Crippen LogP contribution < -0.4 is 0 Å². The first-order chi connectivity index (χ1) is 15.1. The third-order valence-electron chi connectivity index (χ3n) is 5.09. The number of carbonyl (C=O) groups is 2. The largest absolute Gasteiger partial charge is 0.352 e. The van der Waals surface area contributed by atoms with Gasteiger partial charge >= 0.3 is 0 Å². The Hall–Kier alpha value is -4.39. The lowest BCUT2D eigenvalue weighted by Crippen LogP contribution is -2.05. The van der Waals surface area contributed by atoms with Crippen molar-refractivity contribution in [2.45, 2.75) is 6.92 Å². The zero-order valence-corrected chi connectivity index (χ0v) is 16.5. The van der Waals surface area contributed by atoms with Gasteiger partial charge in [-0.15, -0.1) is 5.10 Å². The van der Waals surface area contributed by atoms with Gasteiger partial charge in [0, 0.05) is 11.6 Å². The molecule has 0 radical (unpaired) electrons. The Morgan fingerprint density at radius 3 is 2.39 bits per heavy atom. The second-order valence-electron chi connectivity index (χ2n) is 7.07. The van der Waals surface area contributed by atoms with Crippen LogP contribution >= 0.6 is 0 Å². The lowest BCUT2D eigenvalue weighted by molar-refractivity contribution is 0.0988. The van der Waals surface area contributed by atoms with Gasteiger partial charge in [-0.1, -0.05) is 65.0 Å². The minimum Gasteiger partial charge on any atom is -0.352 e. The zero-order chi connectivity index (χ0) is 21.4. The van der Waals surface area contributed by atoms with Crippen molar-refractivity contribution in [1.82, 2.24) is 20.2 Å². The molecule has 0 atom stereocenters. The highest BCUT2D eigenvalue weighted by Crippen LogP contribution is 2.20. The quantitative estimate of drug-likeness (QED) is 0.405. The Morgan fingerprint density at radius 1 is 0.839 bits per heavy atom. The predicted molar refractivity (Wildman–Crippen MR) is 113 cm³/mol. The highest BCUT2D eigenvalue weighted by Gasteiger charge is 2.24. The van der Waals surface area contributed by atoms with Crippen molar-refractivity contribution in [2.24, 2.45) is 0 Å². The van der Waals surface area contributed by atoms with Crippen LogP contribution in [0.4, 0.5) is 0 Å². The van der Waals surface area contributed by atoms with E-state index in [9.17, 15) is 9.59 Å². The predicted octanol–water partition coefficient (Wildman–Crippen LogP) is 4.18. The van der Waals surface area contributed by atoms with E-state index in [1.165, 1.54) is 6.07 Å². The molecule has 0 unspecified atom stereocenters. The summed E-state index contributed by atoms with van der Waals surface area (Å²) in [6, 6.07) is 23.9. The van der Waals surface area contributed by atoms with Crippen LogP contribution in [0.15, 0.2) is 83.4 Å². The SMILES string of the molecule is Cc1c(C(=O)c2cc(C(=O)c3ccc4ccccc4c3)no2)nnn1-c1ccccc1. The van der Waals surface area contributed by atoms with E-state index < -0.39 is 5.78 Å². The Labute approximate surface area is 176 Å². The number of benzene rings is 3. The maximum atomic E-state index is 12.9. The standard InChI is InChI=1S/C24H16N4O3/c1-15-22(25-27-28(15)19-9-3-2-4-10-19)24(30)21-14-20(26-31-21)23(29)18-12-11-16-7-5-6-8-17(16)13-18/h2-14H,1H3. The van der Waals surface area contributed by atoms with Crippen LogP contribution in [-0.2, 0) is 0 Å². The van der Waals surface area contributed by atoms with Gasteiger partial charge in [-0.3, -0.25) is 9.59 Å². The molecule has 3 aromatic carbocycles. The molecule has 150 valence electrons. The van der Waals surface area contributed by atoms with Crippen LogP contribution in [0.3, 0.4) is 0 Å². The lowest BCUT2D eigenvalue weighted by atomic mass is 10.0. The molecule has 5 aromatic rings. The van der Waals surface area contributed by atoms with Crippen LogP contribution in [0.1, 0.15) is 38.0 Å². The van der Waals surface area contributed by atoms with Crippen molar-refractivity contribution in [3.63, 3.8) is 0 Å². The van der Waals surface area contributed by atoms with Crippen LogP contribution in [0, 0.1) is 6.92 Å². The maximum Gasteiger partial charge on any atom is 0.253 e. The van der Waals surface area contributed by atoms with E-state index in [0.717, 1.165) is 16.5 Å². The molecular weight excluding hydrogens is 392 g/mol. The fourth-order valence-electron chi connectivity index (χ4n) is 3.44. The lowest BCUT2D eigenvalue weighted by Gasteiger charge is -2.02. The molecule has 0 N–H and O–H groups in total. The number of hydrogen-bond acceptors (Lipinski definition) is 6. The Bertz CT molecular complexity index is 1430. The molecule has 0 aliphatic rings. The second-order valence-corrected chi connectivity index (χ2v) is 7.07. The zero-order valence-electron chi connectivity index (χ0n) is 16.5. The van der Waals surface area contributed by atoms with E-state index in [4.69, 9.17) is 4.52 Å². The Morgan fingerprint density at radius 2 is 1.58 bits per heavy atom. The minimum absolute atomic E-state index is 0.0618. The van der Waals surface area contributed by atoms with Crippen molar-refractivity contribution in [3.8, 4) is 5.69 Å². The number of fused-ring (bicyclic) bond motifs is 1. The van der Waals surface area contributed by atoms with E-state index in [1.54, 1.807) is 23.7 Å². The number of ketones is 2. The summed E-state index contributed by atoms with van der Waals surface area (Å²) in [5, 5.41) is 13.9. The van der Waals surface area contributed by atoms with Crippen LogP contribution in [0.5, 0.6) is 0 Å². The average molecular weight is 408 g/mol. The monoisotopic (exact) mass is 408 g/mol. The van der Waals surface area contributed by atoms with Gasteiger partial charge in [0.15, 0.2) is 11.4 Å². The van der Waals surface area contributed by atoms with Gasteiger partial charge in [0.2, 0.25) is 11.5 Å². The Kier molecular flexibility index (Phi) is 4.48. The number of para-hydroxylation sites is 1. The first-order valence-electron chi connectivity index (χ1n) is 9.64. The third-order valence-corrected chi connectivity index (χ3v) is 5.09. The van der Waals surface area contributed by atoms with E-state index in [0.29, 0.717) is 11.3 Å². The summed E-state index contributed by atoms with van der Waals surface area (Å²) in [6.07, 6.45) is 0. The van der Waals surface area contributed by atoms with Gasteiger partial charge in [-0.05, 0) is 35.9 Å². The van der Waals surface area contributed by atoms with Crippen LogP contribution in [-0.4, -0.2) is 31.7 Å². The molecule has 2 aromatic heterocycles. The normalized spacial score (nSPS) is 11.0. The van der Waals surface area contributed by atoms with Crippen molar-refractivity contribution < 1.29 is 14.1 Å². The molecular formula is C24H16N4O3. The summed E-state index contributed by atoms with van der Waals surface area (Å²) < 4.78 is 6.76. The molecule has 0 fully saturated rings. The van der Waals surface area contributed by atoms with E-state index in [2.05, 4.69) is 15.5 Å². The summed E-state index contributed by atoms with van der Waals surface area (Å²) in [5.74, 6) is -0.865. The van der Waals surface area contributed by atoms with Crippen LogP contribution in [0.25, 0.3) is 16.5 Å². The van der Waals surface area contributed by atoms with Gasteiger partial charge in [0.1, 0.15) is 0 Å². The molecule has 0 aliphatic heterocycles. The average Bonchev–Trinajstić information content (AvgIpc) is 3.46. The second kappa shape index (κ2) is 7.46. The highest BCUT2D eigenvalue weighted by molar-refractivity contribution is 6.12. The fourth-order valence-corrected chi connectivity index (χ4v) is 3.44. The smallest absolute Gasteiger partial charge is 0.253 e. The first kappa shape index (κ1) is 18.6. The maximum absolute atomic E-state index is 12.9. The summed E-state index contributed by atoms with van der Waals surface area (Å²) >= 11 is 0. The van der Waals surface area contributed by atoms with E-state index >= 15 is 0 Å². The topological polar surface area (TPSA) is 90.9 Å². The number of aromatic nitrogens is 4. The summed E-state index contributed by atoms with van der Waals surface area (Å²) in [7, 11) is 0. The van der Waals surface area contributed by atoms with Crippen LogP contribution in [0.2, 0.25) is 0 Å². The fraction of sp³-hybridized carbons (Fsp3) is 0.0417. The molecule has 2 heterocycles. The molecule has 31 heavy (non-hydrogen) atoms. The van der Waals surface area contributed by atoms with Crippen molar-refractivity contribution >= 4 is 22.3 Å². The van der Waals surface area contributed by atoms with Gasteiger partial charge < -0.3 is 4.52 Å². The molecule has 0 aliphatic carbocycles. The summed E-state index contributed by atoms with van der Waals surface area (Å²) in [4.78, 5) is 25.8. The van der Waals surface area contributed by atoms with Crippen molar-refractivity contribution in [1.29, 1.82) is 0 Å². The molecule has 0 saturated carbocycles. The summed E-state index contributed by atoms with van der Waals surface area (Å²) in [6.45, 7) is 1.75. The number of rotatable bonds is 5. The molecule has 0 saturated heterocycles. The van der Waals surface area contributed by atoms with Gasteiger partial charge in [-0.2, -0.15) is 0 Å². The number of nitrogens with zero attached hydrogens (tertiary/aromatic N) is 4. The van der Waals surface area contributed by atoms with E-state index in [1.807, 2.05) is 60.7 Å². The van der Waals surface area contributed by atoms with Crippen molar-refractivity contribution in [2.75, 3.05) is 0 Å². The molecule has 0 spiro atoms. The number of carbonyl (C=O) groups excluding carboxylic acids is 2. The van der Waals surface area contributed by atoms with Gasteiger partial charge in [0.05, 0.1) is 11.4 Å². The molecule has 0 amide bonds. The molecule has 5 rings (SSSR count). The summed E-state index contributed by atoms with van der Waals surface area (Å²) in [5.41, 5.74) is 2.03. The molecule has 0 bridgehead atoms. The third kappa shape index (κ3) is 3.32. The highest BCUT2D eigenvalue weighted by atomic mass is 16.5. The Balaban J connectivity index is 1.43. The first-order valence-corrected chi connectivity index (χ1v) is 9.64. The van der Waals surface area contributed by atoms with Crippen molar-refractivity contribution in [3.05, 3.63) is 107 Å². The van der Waals surface area contributed by atoms with Gasteiger partial charge in [0.25, 0.3) is 5.78 Å². The van der Waals surface area contributed by atoms with E-state index in [-0.39, 0.29) is 22.9 Å². The minimum atomic E-state index is -0.482. The number of hydrogen-bond donors (Lipinski definition) is 0.